The summed E-state index contributed by atoms with van der Waals surface area (Å²) in [4.78, 5) is 0. The monoisotopic (exact) mass is 309 g/mol. The minimum absolute atomic E-state index is 0.0290. The van der Waals surface area contributed by atoms with Crippen LogP contribution in [0.25, 0.3) is 0 Å². The third-order valence-electron chi connectivity index (χ3n) is 4.30. The van der Waals surface area contributed by atoms with Crippen molar-refractivity contribution in [2.45, 2.75) is 51.1 Å². The lowest BCUT2D eigenvalue weighted by atomic mass is 9.80. The van der Waals surface area contributed by atoms with E-state index in [0.29, 0.717) is 12.0 Å². The maximum Gasteiger partial charge on any atom is 0.148 e. The minimum atomic E-state index is -2.91. The number of rotatable bonds is 6. The van der Waals surface area contributed by atoms with Crippen LogP contribution in [-0.4, -0.2) is 32.5 Å². The van der Waals surface area contributed by atoms with Gasteiger partial charge in [0.05, 0.1) is 5.75 Å². The molecule has 0 amide bonds. The summed E-state index contributed by atoms with van der Waals surface area (Å²) < 4.78 is 22.8. The van der Waals surface area contributed by atoms with Gasteiger partial charge in [-0.3, -0.25) is 0 Å². The van der Waals surface area contributed by atoms with E-state index in [-0.39, 0.29) is 11.8 Å². The van der Waals surface area contributed by atoms with Crippen LogP contribution in [0.5, 0.6) is 0 Å². The highest BCUT2D eigenvalue weighted by Crippen LogP contribution is 2.28. The van der Waals surface area contributed by atoms with Gasteiger partial charge in [0.25, 0.3) is 0 Å². The van der Waals surface area contributed by atoms with Crippen molar-refractivity contribution in [1.29, 1.82) is 0 Å². The summed E-state index contributed by atoms with van der Waals surface area (Å²) in [5, 5.41) is 3.57. The second-order valence-electron chi connectivity index (χ2n) is 6.50. The van der Waals surface area contributed by atoms with Crippen molar-refractivity contribution >= 4 is 9.84 Å². The van der Waals surface area contributed by atoms with Crippen molar-refractivity contribution in [3.8, 4) is 0 Å². The number of hydrogen-bond acceptors (Lipinski definition) is 3. The van der Waals surface area contributed by atoms with E-state index >= 15 is 0 Å². The lowest BCUT2D eigenvalue weighted by molar-refractivity contribution is 0.248. The second-order valence-corrected chi connectivity index (χ2v) is 8.69. The summed E-state index contributed by atoms with van der Waals surface area (Å²) >= 11 is 0. The molecular weight excluding hydrogens is 282 g/mol. The van der Waals surface area contributed by atoms with Gasteiger partial charge >= 0.3 is 0 Å². The molecule has 1 aromatic rings. The number of sulfone groups is 1. The van der Waals surface area contributed by atoms with E-state index in [4.69, 9.17) is 0 Å². The zero-order chi connectivity index (χ0) is 15.3. The molecule has 0 aromatic heterocycles. The number of nitrogens with one attached hydrogen (secondary N) is 1. The standard InChI is InChI=1S/C17H27NO2S/c1-14(13-21(2,19)20)18-17-11-7-6-10-16(17)12-15-8-4-3-5-9-15/h3-5,8-9,14,16-18H,6-7,10-13H2,1-2H3/t14-,16+,17-/m1/s1. The van der Waals surface area contributed by atoms with Crippen molar-refractivity contribution in [3.05, 3.63) is 35.9 Å². The smallest absolute Gasteiger partial charge is 0.148 e. The lowest BCUT2D eigenvalue weighted by Crippen LogP contribution is -2.46. The Morgan fingerprint density at radius 1 is 1.19 bits per heavy atom. The van der Waals surface area contributed by atoms with Crippen LogP contribution in [0, 0.1) is 5.92 Å². The van der Waals surface area contributed by atoms with Gasteiger partial charge < -0.3 is 5.32 Å². The fourth-order valence-electron chi connectivity index (χ4n) is 3.46. The molecule has 0 heterocycles. The average molecular weight is 309 g/mol. The molecule has 0 bridgehead atoms. The molecule has 1 aliphatic rings. The Hall–Kier alpha value is -0.870. The van der Waals surface area contributed by atoms with E-state index < -0.39 is 9.84 Å². The van der Waals surface area contributed by atoms with Gasteiger partial charge in [-0.25, -0.2) is 8.42 Å². The van der Waals surface area contributed by atoms with Gasteiger partial charge in [0, 0.05) is 18.3 Å². The molecule has 1 N–H and O–H groups in total. The first-order chi connectivity index (χ1) is 9.94. The summed E-state index contributed by atoms with van der Waals surface area (Å²) in [6.07, 6.45) is 7.33. The van der Waals surface area contributed by atoms with Crippen molar-refractivity contribution in [3.63, 3.8) is 0 Å². The number of benzene rings is 1. The summed E-state index contributed by atoms with van der Waals surface area (Å²) in [6, 6.07) is 11.1. The summed E-state index contributed by atoms with van der Waals surface area (Å²) in [7, 11) is -2.91. The van der Waals surface area contributed by atoms with Crippen LogP contribution in [0.2, 0.25) is 0 Å². The molecule has 118 valence electrons. The molecule has 1 saturated carbocycles. The minimum Gasteiger partial charge on any atom is -0.310 e. The molecular formula is C17H27NO2S. The van der Waals surface area contributed by atoms with Gasteiger partial charge in [0.15, 0.2) is 0 Å². The van der Waals surface area contributed by atoms with E-state index in [1.807, 2.05) is 13.0 Å². The first-order valence-electron chi connectivity index (χ1n) is 7.92. The molecule has 0 spiro atoms. The summed E-state index contributed by atoms with van der Waals surface area (Å²) in [6.45, 7) is 1.98. The largest absolute Gasteiger partial charge is 0.310 e. The molecule has 1 aromatic carbocycles. The Morgan fingerprint density at radius 3 is 2.52 bits per heavy atom. The molecule has 2 rings (SSSR count). The Bertz CT molecular complexity index is 527. The fourth-order valence-corrected chi connectivity index (χ4v) is 4.46. The van der Waals surface area contributed by atoms with E-state index in [1.165, 1.54) is 31.1 Å². The Morgan fingerprint density at radius 2 is 1.86 bits per heavy atom. The quantitative estimate of drug-likeness (QED) is 0.879. The van der Waals surface area contributed by atoms with Gasteiger partial charge in [-0.2, -0.15) is 0 Å². The predicted octanol–water partition coefficient (Wildman–Crippen LogP) is 2.81. The van der Waals surface area contributed by atoms with E-state index in [2.05, 4.69) is 29.6 Å². The topological polar surface area (TPSA) is 46.2 Å². The first-order valence-corrected chi connectivity index (χ1v) is 9.98. The van der Waals surface area contributed by atoms with Gasteiger partial charge in [0.2, 0.25) is 0 Å². The van der Waals surface area contributed by atoms with Crippen molar-refractivity contribution < 1.29 is 8.42 Å². The molecule has 0 aliphatic heterocycles. The van der Waals surface area contributed by atoms with Crippen LogP contribution in [0.1, 0.15) is 38.2 Å². The van der Waals surface area contributed by atoms with Gasteiger partial charge in [-0.05, 0) is 37.7 Å². The molecule has 0 radical (unpaired) electrons. The zero-order valence-corrected chi connectivity index (χ0v) is 13.9. The van der Waals surface area contributed by atoms with Crippen molar-refractivity contribution in [1.82, 2.24) is 5.32 Å². The lowest BCUT2D eigenvalue weighted by Gasteiger charge is -2.34. The molecule has 4 heteroatoms. The molecule has 1 aliphatic carbocycles. The van der Waals surface area contributed by atoms with Crippen LogP contribution < -0.4 is 5.32 Å². The molecule has 0 unspecified atom stereocenters. The van der Waals surface area contributed by atoms with Crippen molar-refractivity contribution in [2.24, 2.45) is 5.92 Å². The van der Waals surface area contributed by atoms with Crippen LogP contribution >= 0.6 is 0 Å². The predicted molar refractivity (Wildman–Crippen MR) is 88.2 cm³/mol. The maximum absolute atomic E-state index is 11.4. The normalized spacial score (nSPS) is 24.7. The Labute approximate surface area is 129 Å². The maximum atomic E-state index is 11.4. The Kier molecular flexibility index (Phi) is 5.82. The van der Waals surface area contributed by atoms with Crippen LogP contribution in [0.3, 0.4) is 0 Å². The highest BCUT2D eigenvalue weighted by atomic mass is 32.2. The Balaban J connectivity index is 1.95. The van der Waals surface area contributed by atoms with Gasteiger partial charge in [-0.15, -0.1) is 0 Å². The van der Waals surface area contributed by atoms with Gasteiger partial charge in [-0.1, -0.05) is 43.2 Å². The average Bonchev–Trinajstić information content (AvgIpc) is 2.40. The highest BCUT2D eigenvalue weighted by molar-refractivity contribution is 7.90. The van der Waals surface area contributed by atoms with E-state index in [1.54, 1.807) is 0 Å². The second kappa shape index (κ2) is 7.41. The fraction of sp³-hybridized carbons (Fsp3) is 0.647. The molecule has 1 fully saturated rings. The molecule has 21 heavy (non-hydrogen) atoms. The third kappa shape index (κ3) is 5.79. The summed E-state index contributed by atoms with van der Waals surface area (Å²) in [5.74, 6) is 0.838. The third-order valence-corrected chi connectivity index (χ3v) is 5.41. The van der Waals surface area contributed by atoms with E-state index in [9.17, 15) is 8.42 Å². The zero-order valence-electron chi connectivity index (χ0n) is 13.1. The van der Waals surface area contributed by atoms with Crippen LogP contribution in [0.4, 0.5) is 0 Å². The summed E-state index contributed by atoms with van der Waals surface area (Å²) in [5.41, 5.74) is 1.38. The van der Waals surface area contributed by atoms with E-state index in [0.717, 1.165) is 12.8 Å². The first kappa shape index (κ1) is 16.5. The van der Waals surface area contributed by atoms with Crippen LogP contribution in [0.15, 0.2) is 30.3 Å². The molecule has 3 nitrogen and oxygen atoms in total. The SMILES string of the molecule is C[C@H](CS(C)(=O)=O)N[C@@H]1CCCC[C@H]1Cc1ccccc1. The van der Waals surface area contributed by atoms with Crippen molar-refractivity contribution in [2.75, 3.05) is 12.0 Å². The highest BCUT2D eigenvalue weighted by Gasteiger charge is 2.26. The van der Waals surface area contributed by atoms with Gasteiger partial charge in [0.1, 0.15) is 9.84 Å². The molecule has 0 saturated heterocycles. The molecule has 3 atom stereocenters. The number of hydrogen-bond donors (Lipinski definition) is 1. The van der Waals surface area contributed by atoms with Crippen LogP contribution in [-0.2, 0) is 16.3 Å².